The molecule has 0 nitrogen and oxygen atoms in total. The minimum absolute atomic E-state index is 0.192. The first kappa shape index (κ1) is 2.49. The van der Waals surface area contributed by atoms with Gasteiger partial charge in [0.1, 0.15) is 0 Å². The Balaban J connectivity index is 3.36. The van der Waals surface area contributed by atoms with Gasteiger partial charge in [0.2, 0.25) is 0 Å². The normalized spacial score (nSPS) is 13.8. The number of hydrogen-bond acceptors (Lipinski definition) is 0. The molecule has 0 unspecified atom stereocenters. The van der Waals surface area contributed by atoms with Crippen LogP contribution in [0.25, 0.3) is 6.08 Å². The van der Waals surface area contributed by atoms with E-state index in [1.54, 1.807) is 0 Å². The molecule has 0 radical (unpaired) electrons. The molecule has 0 N–H and O–H groups in total. The van der Waals surface area contributed by atoms with Gasteiger partial charge in [-0.1, -0.05) is 42.9 Å². The molecule has 0 amide bonds. The molecule has 0 atom stereocenters. The topological polar surface area (TPSA) is 0 Å². The standard InChI is InChI=1S/C8H8/c1-2-8-6-4-3-5-7-8/h2-7H,1H2/i3D,6D,7D. The molecule has 0 saturated heterocycles. The fourth-order valence-corrected chi connectivity index (χ4v) is 0.440. The monoisotopic (exact) mass is 107 g/mol. The first-order chi connectivity index (χ1) is 5.15. The average molecular weight is 107 g/mol. The van der Waals surface area contributed by atoms with E-state index in [1.807, 2.05) is 0 Å². The van der Waals surface area contributed by atoms with Crippen LogP contribution in [0.15, 0.2) is 36.8 Å². The highest BCUT2D eigenvalue weighted by molar-refractivity contribution is 5.45. The fourth-order valence-electron chi connectivity index (χ4n) is 0.440. The van der Waals surface area contributed by atoms with Gasteiger partial charge in [-0.05, 0) is 5.56 Å². The van der Waals surface area contributed by atoms with Crippen LogP contribution in [0, 0.1) is 0 Å². The molecular formula is C8H8. The van der Waals surface area contributed by atoms with E-state index in [0.29, 0.717) is 5.56 Å². The van der Waals surface area contributed by atoms with Crippen molar-refractivity contribution in [3.8, 4) is 0 Å². The van der Waals surface area contributed by atoms with Crippen LogP contribution in [0.2, 0.25) is 0 Å². The molecule has 0 aliphatic carbocycles. The molecule has 1 aromatic carbocycles. The highest BCUT2D eigenvalue weighted by Gasteiger charge is 1.75. The van der Waals surface area contributed by atoms with Gasteiger partial charge < -0.3 is 0 Å². The summed E-state index contributed by atoms with van der Waals surface area (Å²) in [6, 6.07) is 3.38. The third-order valence-electron chi connectivity index (χ3n) is 0.826. The van der Waals surface area contributed by atoms with E-state index in [2.05, 4.69) is 6.58 Å². The Bertz CT molecular complexity index is 268. The molecule has 8 heavy (non-hydrogen) atoms. The number of benzene rings is 1. The zero-order valence-electron chi connectivity index (χ0n) is 7.44. The average Bonchev–Trinajstić information content (AvgIpc) is 1.85. The van der Waals surface area contributed by atoms with Crippen LogP contribution in [0.3, 0.4) is 0 Å². The van der Waals surface area contributed by atoms with Crippen LogP contribution < -0.4 is 0 Å². The third kappa shape index (κ3) is 0.969. The summed E-state index contributed by atoms with van der Waals surface area (Å²) >= 11 is 0. The molecule has 0 spiro atoms. The second kappa shape index (κ2) is 2.31. The minimum Gasteiger partial charge on any atom is -0.0985 e. The summed E-state index contributed by atoms with van der Waals surface area (Å²) in [6.45, 7) is 3.48. The summed E-state index contributed by atoms with van der Waals surface area (Å²) in [5.41, 5.74) is 0.487. The maximum atomic E-state index is 7.34. The lowest BCUT2D eigenvalue weighted by atomic mass is 10.2. The van der Waals surface area contributed by atoms with E-state index in [-0.39, 0.29) is 18.1 Å². The van der Waals surface area contributed by atoms with E-state index in [0.717, 1.165) is 0 Å². The van der Waals surface area contributed by atoms with E-state index >= 15 is 0 Å². The van der Waals surface area contributed by atoms with Gasteiger partial charge >= 0.3 is 0 Å². The largest absolute Gasteiger partial charge is 0.0985 e. The molecule has 1 aromatic rings. The van der Waals surface area contributed by atoms with Crippen molar-refractivity contribution in [3.05, 3.63) is 42.4 Å². The maximum absolute atomic E-state index is 7.34. The van der Waals surface area contributed by atoms with Gasteiger partial charge in [0.05, 0.1) is 4.11 Å². The molecule has 0 aliphatic rings. The first-order valence-corrected chi connectivity index (χ1v) is 2.35. The smallest absolute Gasteiger partial charge is 0.0629 e. The van der Waals surface area contributed by atoms with Crippen molar-refractivity contribution in [2.45, 2.75) is 0 Å². The van der Waals surface area contributed by atoms with E-state index in [1.165, 1.54) is 18.2 Å². The lowest BCUT2D eigenvalue weighted by Crippen LogP contribution is -1.63. The fraction of sp³-hybridized carbons (Fsp3) is 0. The maximum Gasteiger partial charge on any atom is 0.0629 e. The van der Waals surface area contributed by atoms with Gasteiger partial charge in [-0.3, -0.25) is 0 Å². The van der Waals surface area contributed by atoms with Crippen molar-refractivity contribution >= 4 is 6.08 Å². The van der Waals surface area contributed by atoms with Crippen molar-refractivity contribution in [3.63, 3.8) is 0 Å². The molecule has 0 aliphatic heterocycles. The van der Waals surface area contributed by atoms with E-state index in [4.69, 9.17) is 4.11 Å². The summed E-state index contributed by atoms with van der Waals surface area (Å²) < 4.78 is 21.9. The molecule has 1 rings (SSSR count). The summed E-state index contributed by atoms with van der Waals surface area (Å²) in [5, 5.41) is 0. The SMILES string of the molecule is [2H]c1cc([2H])c(C=C)c([2H])c1. The van der Waals surface area contributed by atoms with Crippen molar-refractivity contribution in [1.29, 1.82) is 0 Å². The van der Waals surface area contributed by atoms with E-state index in [9.17, 15) is 0 Å². The molecular weight excluding hydrogens is 96.1 g/mol. The van der Waals surface area contributed by atoms with Gasteiger partial charge in [-0.15, -0.1) is 0 Å². The van der Waals surface area contributed by atoms with Crippen LogP contribution in [0.4, 0.5) is 0 Å². The Hall–Kier alpha value is -1.04. The minimum atomic E-state index is 0.192. The Kier molecular flexibility index (Phi) is 0.721. The van der Waals surface area contributed by atoms with Gasteiger partial charge in [0.25, 0.3) is 0 Å². The lowest BCUT2D eigenvalue weighted by Gasteiger charge is -1.85. The molecule has 0 aromatic heterocycles. The van der Waals surface area contributed by atoms with Crippen LogP contribution in [0.1, 0.15) is 9.68 Å². The number of rotatable bonds is 1. The number of hydrogen-bond donors (Lipinski definition) is 0. The zero-order valence-corrected chi connectivity index (χ0v) is 4.44. The van der Waals surface area contributed by atoms with Gasteiger partial charge in [-0.25, -0.2) is 0 Å². The van der Waals surface area contributed by atoms with Crippen molar-refractivity contribution < 1.29 is 4.11 Å². The highest BCUT2D eigenvalue weighted by atomic mass is 13.8. The van der Waals surface area contributed by atoms with Crippen LogP contribution in [0.5, 0.6) is 0 Å². The molecule has 0 saturated carbocycles. The Morgan fingerprint density at radius 3 is 2.62 bits per heavy atom. The van der Waals surface area contributed by atoms with Crippen molar-refractivity contribution in [2.75, 3.05) is 0 Å². The zero-order chi connectivity index (χ0) is 8.43. The predicted molar refractivity (Wildman–Crippen MR) is 36.5 cm³/mol. The lowest BCUT2D eigenvalue weighted by molar-refractivity contribution is 1.67. The Morgan fingerprint density at radius 1 is 1.50 bits per heavy atom. The summed E-state index contributed by atoms with van der Waals surface area (Å²) in [4.78, 5) is 0. The van der Waals surface area contributed by atoms with Gasteiger partial charge in [0.15, 0.2) is 0 Å². The van der Waals surface area contributed by atoms with Crippen molar-refractivity contribution in [2.24, 2.45) is 0 Å². The first-order valence-electron chi connectivity index (χ1n) is 3.85. The second-order valence-corrected chi connectivity index (χ2v) is 1.36. The van der Waals surface area contributed by atoms with Crippen LogP contribution in [-0.4, -0.2) is 0 Å². The summed E-state index contributed by atoms with van der Waals surface area (Å²) in [6.07, 6.45) is 1.46. The van der Waals surface area contributed by atoms with Crippen LogP contribution in [-0.2, 0) is 0 Å². The predicted octanol–water partition coefficient (Wildman–Crippen LogP) is 2.33. The van der Waals surface area contributed by atoms with Crippen molar-refractivity contribution in [1.82, 2.24) is 0 Å². The molecule has 40 valence electrons. The Labute approximate surface area is 53.7 Å². The second-order valence-electron chi connectivity index (χ2n) is 1.36. The Morgan fingerprint density at radius 2 is 2.12 bits per heavy atom. The summed E-state index contributed by atoms with van der Waals surface area (Å²) in [5.74, 6) is 0. The summed E-state index contributed by atoms with van der Waals surface area (Å²) in [7, 11) is 0. The molecule has 0 heteroatoms. The third-order valence-corrected chi connectivity index (χ3v) is 0.826. The van der Waals surface area contributed by atoms with Gasteiger partial charge in [-0.2, -0.15) is 0 Å². The highest BCUT2D eigenvalue weighted by Crippen LogP contribution is 1.97. The molecule has 0 bridgehead atoms. The molecule has 0 fully saturated rings. The van der Waals surface area contributed by atoms with Crippen LogP contribution >= 0.6 is 0 Å². The van der Waals surface area contributed by atoms with E-state index < -0.39 is 0 Å². The molecule has 0 heterocycles. The quantitative estimate of drug-likeness (QED) is 0.516. The van der Waals surface area contributed by atoms with Gasteiger partial charge in [0, 0.05) is 0 Å².